The number of nitrogens with zero attached hydrogens (tertiary/aromatic N) is 2. The van der Waals surface area contributed by atoms with Crippen LogP contribution in [-0.4, -0.2) is 12.6 Å². The topological polar surface area (TPSA) is 35.6 Å². The first kappa shape index (κ1) is 36.1. The lowest BCUT2D eigenvalue weighted by molar-refractivity contribution is 0.668. The summed E-state index contributed by atoms with van der Waals surface area (Å²) in [6, 6.07) is 72.9. The van der Waals surface area contributed by atoms with Gasteiger partial charge in [0, 0.05) is 54.0 Å². The Hall–Kier alpha value is -8.61. The van der Waals surface area contributed by atoms with Crippen LogP contribution in [0.4, 0.5) is 5.69 Å². The summed E-state index contributed by atoms with van der Waals surface area (Å²) in [6.07, 6.45) is 0. The third kappa shape index (κ3) is 5.23. The standard InChI is InChI=1S/C59H34N2O2Si/c1-60-38-27-30-54-50(35-38)45-19-9-12-24-53(45)61(54)59-48-22-7-5-17-42(48)44(43-18-6-8-23-49(43)59)33-34-64(39-15-3-2-4-16-39,40-28-31-57-51(36-40)46-20-10-13-25-55(46)62-57)41-29-32-58-52(37-41)47-21-11-14-26-56(47)63-58/h2-32,35-37H. The molecular weight excluding hydrogens is 797 g/mol. The lowest BCUT2D eigenvalue weighted by Crippen LogP contribution is -2.66. The summed E-state index contributed by atoms with van der Waals surface area (Å²) in [5.74, 6) is 4.01. The molecule has 0 atom stereocenters. The van der Waals surface area contributed by atoms with Gasteiger partial charge in [-0.2, -0.15) is 0 Å². The number of para-hydroxylation sites is 3. The van der Waals surface area contributed by atoms with Crippen LogP contribution in [0, 0.1) is 18.0 Å². The van der Waals surface area contributed by atoms with Gasteiger partial charge in [0.1, 0.15) is 22.3 Å². The third-order valence-corrected chi connectivity index (χ3v) is 17.2. The van der Waals surface area contributed by atoms with Crippen LogP contribution in [0.2, 0.25) is 0 Å². The quantitative estimate of drug-likeness (QED) is 0.0582. The lowest BCUT2D eigenvalue weighted by atomic mass is 9.95. The van der Waals surface area contributed by atoms with Gasteiger partial charge in [-0.1, -0.05) is 158 Å². The van der Waals surface area contributed by atoms with Gasteiger partial charge in [0.05, 0.1) is 23.3 Å². The van der Waals surface area contributed by atoms with Crippen molar-refractivity contribution in [1.29, 1.82) is 0 Å². The second kappa shape index (κ2) is 14.0. The zero-order valence-electron chi connectivity index (χ0n) is 34.3. The largest absolute Gasteiger partial charge is 0.456 e. The molecule has 0 aliphatic heterocycles. The molecule has 0 aliphatic rings. The number of hydrogen-bond acceptors (Lipinski definition) is 2. The summed E-state index contributed by atoms with van der Waals surface area (Å²) >= 11 is 0. The first-order valence-corrected chi connectivity index (χ1v) is 23.4. The highest BCUT2D eigenvalue weighted by Gasteiger charge is 2.40. The van der Waals surface area contributed by atoms with Gasteiger partial charge in [-0.15, -0.1) is 5.54 Å². The SMILES string of the molecule is [C-]#[N+]c1ccc2c(c1)c1ccccc1n2-c1c2ccccc2c(C#C[Si](c2ccccc2)(c2ccc3oc4ccccc4c3c2)c2ccc3oc4ccccc4c3c2)c2ccccc12. The molecule has 0 N–H and O–H groups in total. The highest BCUT2D eigenvalue weighted by Crippen LogP contribution is 2.41. The van der Waals surface area contributed by atoms with Gasteiger partial charge in [0.15, 0.2) is 5.69 Å². The number of hydrogen-bond donors (Lipinski definition) is 0. The van der Waals surface area contributed by atoms with E-state index in [0.29, 0.717) is 5.69 Å². The Labute approximate surface area is 368 Å². The fraction of sp³-hybridized carbons (Fsp3) is 0. The smallest absolute Gasteiger partial charge is 0.230 e. The molecule has 296 valence electrons. The van der Waals surface area contributed by atoms with Gasteiger partial charge < -0.3 is 13.4 Å². The maximum Gasteiger partial charge on any atom is 0.230 e. The molecular formula is C59H34N2O2Si. The van der Waals surface area contributed by atoms with Gasteiger partial charge in [0.25, 0.3) is 0 Å². The van der Waals surface area contributed by atoms with Crippen LogP contribution in [-0.2, 0) is 0 Å². The second-order valence-corrected chi connectivity index (χ2v) is 19.9. The summed E-state index contributed by atoms with van der Waals surface area (Å²) in [6.45, 7) is 7.81. The van der Waals surface area contributed by atoms with Crippen molar-refractivity contribution in [2.45, 2.75) is 0 Å². The predicted molar refractivity (Wildman–Crippen MR) is 267 cm³/mol. The van der Waals surface area contributed by atoms with Gasteiger partial charge in [0.2, 0.25) is 8.07 Å². The van der Waals surface area contributed by atoms with E-state index >= 15 is 0 Å². The van der Waals surface area contributed by atoms with E-state index in [1.807, 2.05) is 36.4 Å². The van der Waals surface area contributed by atoms with Crippen LogP contribution in [0.5, 0.6) is 0 Å². The number of aromatic nitrogens is 1. The average Bonchev–Trinajstić information content (AvgIpc) is 4.03. The molecule has 13 aromatic rings. The molecule has 3 heterocycles. The minimum Gasteiger partial charge on any atom is -0.456 e. The Kier molecular flexibility index (Phi) is 7.87. The summed E-state index contributed by atoms with van der Waals surface area (Å²) < 4.78 is 15.2. The van der Waals surface area contributed by atoms with Gasteiger partial charge >= 0.3 is 0 Å². The van der Waals surface area contributed by atoms with Crippen molar-refractivity contribution in [2.75, 3.05) is 0 Å². The zero-order valence-corrected chi connectivity index (χ0v) is 35.3. The van der Waals surface area contributed by atoms with E-state index in [2.05, 4.69) is 191 Å². The van der Waals surface area contributed by atoms with Gasteiger partial charge in [-0.05, 0) is 75.5 Å². The highest BCUT2D eigenvalue weighted by molar-refractivity contribution is 7.17. The normalized spacial score (nSPS) is 11.9. The molecule has 0 saturated heterocycles. The van der Waals surface area contributed by atoms with E-state index in [0.717, 1.165) is 98.5 Å². The number of fused-ring (bicyclic) bond motifs is 11. The van der Waals surface area contributed by atoms with Crippen molar-refractivity contribution in [3.05, 3.63) is 223 Å². The van der Waals surface area contributed by atoms with Crippen molar-refractivity contribution in [2.24, 2.45) is 0 Å². The van der Waals surface area contributed by atoms with Gasteiger partial charge in [-0.25, -0.2) is 4.85 Å². The molecule has 0 amide bonds. The minimum atomic E-state index is -3.26. The van der Waals surface area contributed by atoms with Crippen molar-refractivity contribution >= 4 is 117 Å². The third-order valence-electron chi connectivity index (χ3n) is 13.1. The molecule has 64 heavy (non-hydrogen) atoms. The van der Waals surface area contributed by atoms with Crippen LogP contribution >= 0.6 is 0 Å². The zero-order chi connectivity index (χ0) is 42.4. The van der Waals surface area contributed by atoms with E-state index in [-0.39, 0.29) is 0 Å². The lowest BCUT2D eigenvalue weighted by Gasteiger charge is -2.28. The van der Waals surface area contributed by atoms with E-state index in [1.165, 1.54) is 15.6 Å². The first-order valence-electron chi connectivity index (χ1n) is 21.4. The minimum absolute atomic E-state index is 0.627. The Morgan fingerprint density at radius 2 is 0.875 bits per heavy atom. The molecule has 0 fully saturated rings. The van der Waals surface area contributed by atoms with Crippen molar-refractivity contribution in [3.63, 3.8) is 0 Å². The molecule has 0 bridgehead atoms. The fourth-order valence-electron chi connectivity index (χ4n) is 10.2. The van der Waals surface area contributed by atoms with E-state index in [4.69, 9.17) is 15.4 Å². The van der Waals surface area contributed by atoms with Gasteiger partial charge in [-0.3, -0.25) is 0 Å². The molecule has 0 unspecified atom stereocenters. The van der Waals surface area contributed by atoms with Crippen LogP contribution in [0.15, 0.2) is 215 Å². The van der Waals surface area contributed by atoms with Crippen LogP contribution in [0.1, 0.15) is 5.56 Å². The molecule has 0 aliphatic carbocycles. The number of benzene rings is 10. The molecule has 4 nitrogen and oxygen atoms in total. The Morgan fingerprint density at radius 1 is 0.391 bits per heavy atom. The molecule has 0 radical (unpaired) electrons. The Morgan fingerprint density at radius 3 is 1.47 bits per heavy atom. The van der Waals surface area contributed by atoms with Crippen LogP contribution in [0.25, 0.3) is 97.8 Å². The second-order valence-electron chi connectivity index (χ2n) is 16.5. The average molecular weight is 831 g/mol. The summed E-state index contributed by atoms with van der Waals surface area (Å²) in [5.41, 5.74) is 12.5. The predicted octanol–water partition coefficient (Wildman–Crippen LogP) is 13.5. The fourth-order valence-corrected chi connectivity index (χ4v) is 14.1. The Bertz CT molecular complexity index is 4000. The summed E-state index contributed by atoms with van der Waals surface area (Å²) in [4.78, 5) is 3.80. The van der Waals surface area contributed by atoms with Crippen LogP contribution in [0.3, 0.4) is 0 Å². The monoisotopic (exact) mass is 830 g/mol. The number of furan rings is 2. The molecule has 0 spiro atoms. The molecule has 0 saturated carbocycles. The first-order chi connectivity index (χ1) is 31.7. The van der Waals surface area contributed by atoms with E-state index < -0.39 is 8.07 Å². The molecule has 10 aromatic carbocycles. The van der Waals surface area contributed by atoms with E-state index in [9.17, 15) is 0 Å². The van der Waals surface area contributed by atoms with Crippen LogP contribution < -0.4 is 15.6 Å². The molecule has 3 aromatic heterocycles. The van der Waals surface area contributed by atoms with E-state index in [1.54, 1.807) is 0 Å². The maximum absolute atomic E-state index is 7.81. The summed E-state index contributed by atoms with van der Waals surface area (Å²) in [5, 5.41) is 14.4. The molecule has 13 rings (SSSR count). The van der Waals surface area contributed by atoms with Crippen molar-refractivity contribution < 1.29 is 8.83 Å². The highest BCUT2D eigenvalue weighted by atomic mass is 28.3. The Balaban J connectivity index is 1.15. The summed E-state index contributed by atoms with van der Waals surface area (Å²) in [7, 11) is -3.26. The molecule has 5 heteroatoms. The maximum atomic E-state index is 7.81. The van der Waals surface area contributed by atoms with Crippen molar-refractivity contribution in [3.8, 4) is 17.2 Å². The van der Waals surface area contributed by atoms with Crippen molar-refractivity contribution in [1.82, 2.24) is 4.57 Å². The number of rotatable bonds is 4.